The molecule has 1 aromatic rings. The molecular formula is C14H19IN4O2. The van der Waals surface area contributed by atoms with E-state index in [9.17, 15) is 4.79 Å². The molecule has 1 saturated carbocycles. The SMILES string of the molecule is CC(C)(C)OC(=O)N1C[C@@H]2C(Nc3ccc(I)nn3)[C@@H]2C1. The predicted molar refractivity (Wildman–Crippen MR) is 86.9 cm³/mol. The second kappa shape index (κ2) is 5.26. The van der Waals surface area contributed by atoms with E-state index in [1.807, 2.05) is 32.9 Å². The van der Waals surface area contributed by atoms with Crippen LogP contribution in [-0.4, -0.2) is 45.9 Å². The van der Waals surface area contributed by atoms with E-state index in [-0.39, 0.29) is 6.09 Å². The first-order chi connectivity index (χ1) is 9.83. The molecule has 114 valence electrons. The highest BCUT2D eigenvalue weighted by Gasteiger charge is 2.57. The fraction of sp³-hybridized carbons (Fsp3) is 0.643. The quantitative estimate of drug-likeness (QED) is 0.770. The number of rotatable bonds is 2. The first-order valence-electron chi connectivity index (χ1n) is 7.07. The van der Waals surface area contributed by atoms with Gasteiger partial charge in [-0.25, -0.2) is 4.79 Å². The number of aromatic nitrogens is 2. The third-order valence-corrected chi connectivity index (χ3v) is 4.37. The van der Waals surface area contributed by atoms with E-state index >= 15 is 0 Å². The largest absolute Gasteiger partial charge is 0.444 e. The van der Waals surface area contributed by atoms with Gasteiger partial charge in [-0.05, 0) is 55.5 Å². The van der Waals surface area contributed by atoms with Crippen LogP contribution in [0.15, 0.2) is 12.1 Å². The smallest absolute Gasteiger partial charge is 0.410 e. The first-order valence-corrected chi connectivity index (χ1v) is 8.15. The zero-order valence-electron chi connectivity index (χ0n) is 12.3. The number of likely N-dealkylation sites (tertiary alicyclic amines) is 1. The summed E-state index contributed by atoms with van der Waals surface area (Å²) in [4.78, 5) is 13.8. The first kappa shape index (κ1) is 14.8. The lowest BCUT2D eigenvalue weighted by Crippen LogP contribution is -2.38. The molecule has 3 rings (SSSR count). The Morgan fingerprint density at radius 3 is 2.52 bits per heavy atom. The van der Waals surface area contributed by atoms with Gasteiger partial charge in [0.05, 0.1) is 0 Å². The number of hydrogen-bond acceptors (Lipinski definition) is 5. The van der Waals surface area contributed by atoms with Crippen LogP contribution in [-0.2, 0) is 4.74 Å². The van der Waals surface area contributed by atoms with E-state index in [0.29, 0.717) is 17.9 Å². The Kier molecular flexibility index (Phi) is 3.71. The molecule has 2 heterocycles. The second-order valence-corrected chi connectivity index (χ2v) is 7.73. The number of amides is 1. The van der Waals surface area contributed by atoms with Crippen LogP contribution in [0.2, 0.25) is 0 Å². The van der Waals surface area contributed by atoms with Gasteiger partial charge in [-0.15, -0.1) is 10.2 Å². The third-order valence-electron chi connectivity index (χ3n) is 3.79. The number of piperidine rings is 1. The summed E-state index contributed by atoms with van der Waals surface area (Å²) in [7, 11) is 0. The third kappa shape index (κ3) is 3.38. The molecule has 21 heavy (non-hydrogen) atoms. The van der Waals surface area contributed by atoms with Crippen LogP contribution in [0.1, 0.15) is 20.8 Å². The molecule has 1 unspecified atom stereocenters. The monoisotopic (exact) mass is 402 g/mol. The van der Waals surface area contributed by atoms with Gasteiger partial charge < -0.3 is 15.0 Å². The lowest BCUT2D eigenvalue weighted by atomic mass is 10.2. The molecule has 1 aliphatic carbocycles. The van der Waals surface area contributed by atoms with Gasteiger partial charge in [0.2, 0.25) is 0 Å². The number of halogens is 1. The fourth-order valence-corrected chi connectivity index (χ4v) is 3.07. The number of anilines is 1. The summed E-state index contributed by atoms with van der Waals surface area (Å²) in [6.07, 6.45) is -0.206. The Bertz CT molecular complexity index is 531. The van der Waals surface area contributed by atoms with Gasteiger partial charge in [0.15, 0.2) is 0 Å². The molecule has 1 N–H and O–H groups in total. The van der Waals surface area contributed by atoms with Crippen molar-refractivity contribution in [1.82, 2.24) is 15.1 Å². The molecule has 0 bridgehead atoms. The van der Waals surface area contributed by atoms with Crippen molar-refractivity contribution >= 4 is 34.5 Å². The van der Waals surface area contributed by atoms with Crippen molar-refractivity contribution in [1.29, 1.82) is 0 Å². The average molecular weight is 402 g/mol. The maximum Gasteiger partial charge on any atom is 0.410 e. The zero-order chi connectivity index (χ0) is 15.2. The van der Waals surface area contributed by atoms with Crippen LogP contribution in [0.5, 0.6) is 0 Å². The van der Waals surface area contributed by atoms with E-state index in [1.54, 1.807) is 4.90 Å². The standard InChI is InChI=1S/C14H19IN4O2/c1-14(2,3)21-13(20)19-6-8-9(7-19)12(8)16-11-5-4-10(15)17-18-11/h4-5,8-9,12H,6-7H2,1-3H3,(H,16,18)/t8-,9+,12?. The normalized spacial score (nSPS) is 27.2. The Morgan fingerprint density at radius 1 is 1.33 bits per heavy atom. The van der Waals surface area contributed by atoms with Gasteiger partial charge in [0.1, 0.15) is 15.1 Å². The van der Waals surface area contributed by atoms with Crippen molar-refractivity contribution in [2.45, 2.75) is 32.4 Å². The lowest BCUT2D eigenvalue weighted by molar-refractivity contribution is 0.0272. The molecule has 2 aliphatic rings. The summed E-state index contributed by atoms with van der Waals surface area (Å²) in [6.45, 7) is 7.19. The number of carbonyl (C=O) groups excluding carboxylic acids is 1. The highest BCUT2D eigenvalue weighted by Crippen LogP contribution is 2.47. The van der Waals surface area contributed by atoms with Crippen LogP contribution in [0, 0.1) is 15.5 Å². The number of hydrogen-bond donors (Lipinski definition) is 1. The highest BCUT2D eigenvalue weighted by molar-refractivity contribution is 14.1. The number of nitrogens with one attached hydrogen (secondary N) is 1. The summed E-state index contributed by atoms with van der Waals surface area (Å²) in [5, 5.41) is 11.5. The summed E-state index contributed by atoms with van der Waals surface area (Å²) in [5.41, 5.74) is -0.432. The van der Waals surface area contributed by atoms with E-state index < -0.39 is 5.60 Å². The summed E-state index contributed by atoms with van der Waals surface area (Å²) >= 11 is 2.13. The Hall–Kier alpha value is -1.12. The maximum absolute atomic E-state index is 12.0. The molecule has 1 amide bonds. The molecule has 0 spiro atoms. The number of fused-ring (bicyclic) bond motifs is 1. The molecule has 7 heteroatoms. The molecule has 0 radical (unpaired) electrons. The summed E-state index contributed by atoms with van der Waals surface area (Å²) in [5.74, 6) is 1.80. The second-order valence-electron chi connectivity index (χ2n) is 6.62. The topological polar surface area (TPSA) is 67.3 Å². The molecule has 0 aromatic carbocycles. The number of ether oxygens (including phenoxy) is 1. The van der Waals surface area contributed by atoms with Crippen LogP contribution in [0.3, 0.4) is 0 Å². The van der Waals surface area contributed by atoms with Gasteiger partial charge in [0.25, 0.3) is 0 Å². The van der Waals surface area contributed by atoms with Crippen LogP contribution in [0.25, 0.3) is 0 Å². The van der Waals surface area contributed by atoms with Crippen molar-refractivity contribution in [2.24, 2.45) is 11.8 Å². The Balaban J connectivity index is 1.50. The summed E-state index contributed by atoms with van der Waals surface area (Å²) < 4.78 is 6.28. The van der Waals surface area contributed by atoms with Gasteiger partial charge in [-0.2, -0.15) is 0 Å². The number of carbonyl (C=O) groups is 1. The van der Waals surface area contributed by atoms with Crippen molar-refractivity contribution in [3.63, 3.8) is 0 Å². The van der Waals surface area contributed by atoms with E-state index in [1.165, 1.54) is 0 Å². The van der Waals surface area contributed by atoms with Gasteiger partial charge in [0, 0.05) is 31.0 Å². The van der Waals surface area contributed by atoms with Crippen LogP contribution >= 0.6 is 22.6 Å². The highest BCUT2D eigenvalue weighted by atomic mass is 127. The minimum atomic E-state index is -0.432. The molecule has 3 atom stereocenters. The lowest BCUT2D eigenvalue weighted by Gasteiger charge is -2.26. The van der Waals surface area contributed by atoms with Crippen molar-refractivity contribution in [2.75, 3.05) is 18.4 Å². The Morgan fingerprint density at radius 2 is 2.00 bits per heavy atom. The number of nitrogens with zero attached hydrogens (tertiary/aromatic N) is 3. The van der Waals surface area contributed by atoms with Crippen LogP contribution in [0.4, 0.5) is 10.6 Å². The van der Waals surface area contributed by atoms with Gasteiger partial charge in [-0.3, -0.25) is 0 Å². The van der Waals surface area contributed by atoms with E-state index in [4.69, 9.17) is 4.74 Å². The van der Waals surface area contributed by atoms with Gasteiger partial charge in [-0.1, -0.05) is 0 Å². The maximum atomic E-state index is 12.0. The molecule has 1 saturated heterocycles. The molecule has 2 fully saturated rings. The van der Waals surface area contributed by atoms with E-state index in [2.05, 4.69) is 38.1 Å². The minimum Gasteiger partial charge on any atom is -0.444 e. The van der Waals surface area contributed by atoms with Crippen molar-refractivity contribution in [3.8, 4) is 0 Å². The molecule has 1 aromatic heterocycles. The molecule has 6 nitrogen and oxygen atoms in total. The summed E-state index contributed by atoms with van der Waals surface area (Å²) in [6, 6.07) is 4.27. The van der Waals surface area contributed by atoms with E-state index in [0.717, 1.165) is 22.6 Å². The van der Waals surface area contributed by atoms with Crippen LogP contribution < -0.4 is 5.32 Å². The Labute approximate surface area is 137 Å². The average Bonchev–Trinajstić information content (AvgIpc) is 2.83. The van der Waals surface area contributed by atoms with Gasteiger partial charge >= 0.3 is 6.09 Å². The molecular weight excluding hydrogens is 383 g/mol. The zero-order valence-corrected chi connectivity index (χ0v) is 14.5. The van der Waals surface area contributed by atoms with Crippen molar-refractivity contribution in [3.05, 3.63) is 15.8 Å². The minimum absolute atomic E-state index is 0.206. The fourth-order valence-electron chi connectivity index (χ4n) is 2.78. The molecule has 1 aliphatic heterocycles. The van der Waals surface area contributed by atoms with Crippen molar-refractivity contribution < 1.29 is 9.53 Å². The predicted octanol–water partition coefficient (Wildman–Crippen LogP) is 2.36.